The lowest BCUT2D eigenvalue weighted by Gasteiger charge is -2.13. The highest BCUT2D eigenvalue weighted by atomic mass is 16.5. The van der Waals surface area contributed by atoms with E-state index in [-0.39, 0.29) is 12.4 Å². The van der Waals surface area contributed by atoms with Crippen LogP contribution in [0.25, 0.3) is 0 Å². The zero-order valence-electron chi connectivity index (χ0n) is 12.9. The number of hydrogen-bond donors (Lipinski definition) is 0. The Hall–Kier alpha value is -2.49. The summed E-state index contributed by atoms with van der Waals surface area (Å²) in [6.07, 6.45) is 0.154. The monoisotopic (exact) mass is 300 g/mol. The Labute approximate surface area is 130 Å². The van der Waals surface area contributed by atoms with Crippen molar-refractivity contribution in [3.05, 3.63) is 59.7 Å². The van der Waals surface area contributed by atoms with Crippen LogP contribution in [-0.2, 0) is 22.6 Å². The summed E-state index contributed by atoms with van der Waals surface area (Å²) >= 11 is 0. The van der Waals surface area contributed by atoms with E-state index in [1.54, 1.807) is 0 Å². The fourth-order valence-corrected chi connectivity index (χ4v) is 2.05. The van der Waals surface area contributed by atoms with E-state index in [0.29, 0.717) is 24.7 Å². The second-order valence-electron chi connectivity index (χ2n) is 4.73. The topological polar surface area (TPSA) is 44.8 Å². The van der Waals surface area contributed by atoms with E-state index in [0.717, 1.165) is 11.1 Å². The van der Waals surface area contributed by atoms with Crippen molar-refractivity contribution in [2.75, 3.05) is 13.7 Å². The van der Waals surface area contributed by atoms with Crippen LogP contribution in [0, 0.1) is 0 Å². The summed E-state index contributed by atoms with van der Waals surface area (Å²) < 4.78 is 16.0. The molecule has 4 nitrogen and oxygen atoms in total. The van der Waals surface area contributed by atoms with Crippen molar-refractivity contribution < 1.29 is 19.0 Å². The highest BCUT2D eigenvalue weighted by Crippen LogP contribution is 2.26. The average Bonchev–Trinajstić information content (AvgIpc) is 2.55. The number of carbonyl (C=O) groups is 1. The predicted octanol–water partition coefficient (Wildman–Crippen LogP) is 3.38. The molecule has 2 aromatic rings. The molecule has 0 aliphatic carbocycles. The molecule has 0 bridgehead atoms. The molecule has 0 amide bonds. The van der Waals surface area contributed by atoms with Crippen LogP contribution in [0.5, 0.6) is 11.5 Å². The van der Waals surface area contributed by atoms with Crippen molar-refractivity contribution >= 4 is 5.97 Å². The molecule has 116 valence electrons. The maximum absolute atomic E-state index is 11.6. The summed E-state index contributed by atoms with van der Waals surface area (Å²) in [6, 6.07) is 15.4. The largest absolute Gasteiger partial charge is 0.494 e. The minimum atomic E-state index is -0.307. The standard InChI is InChI=1S/C18H20O4/c1-3-21-16-9-10-17(15(11-16)12-18(19)20-2)22-13-14-7-5-4-6-8-14/h4-11H,3,12-13H2,1-2H3. The summed E-state index contributed by atoms with van der Waals surface area (Å²) in [6.45, 7) is 2.94. The molecule has 2 aromatic carbocycles. The van der Waals surface area contributed by atoms with Gasteiger partial charge in [-0.2, -0.15) is 0 Å². The molecule has 0 N–H and O–H groups in total. The Bertz CT molecular complexity index is 608. The number of rotatable bonds is 7. The van der Waals surface area contributed by atoms with E-state index in [4.69, 9.17) is 14.2 Å². The first kappa shape index (κ1) is 15.9. The van der Waals surface area contributed by atoms with Gasteiger partial charge in [0.25, 0.3) is 0 Å². The summed E-state index contributed by atoms with van der Waals surface area (Å²) in [7, 11) is 1.37. The van der Waals surface area contributed by atoms with Crippen molar-refractivity contribution in [2.24, 2.45) is 0 Å². The summed E-state index contributed by atoms with van der Waals surface area (Å²) in [5.74, 6) is 1.07. The van der Waals surface area contributed by atoms with E-state index in [9.17, 15) is 4.79 Å². The molecule has 0 fully saturated rings. The average molecular weight is 300 g/mol. The summed E-state index contributed by atoms with van der Waals surface area (Å²) in [5, 5.41) is 0. The molecule has 0 radical (unpaired) electrons. The second-order valence-corrected chi connectivity index (χ2v) is 4.73. The number of benzene rings is 2. The fourth-order valence-electron chi connectivity index (χ4n) is 2.05. The molecule has 0 heterocycles. The third-order valence-electron chi connectivity index (χ3n) is 3.14. The van der Waals surface area contributed by atoms with Crippen molar-refractivity contribution in [3.8, 4) is 11.5 Å². The first-order valence-corrected chi connectivity index (χ1v) is 7.22. The van der Waals surface area contributed by atoms with E-state index < -0.39 is 0 Å². The van der Waals surface area contributed by atoms with Gasteiger partial charge in [-0.3, -0.25) is 4.79 Å². The Balaban J connectivity index is 2.15. The molecule has 4 heteroatoms. The quantitative estimate of drug-likeness (QED) is 0.735. The van der Waals surface area contributed by atoms with Crippen molar-refractivity contribution in [3.63, 3.8) is 0 Å². The molecule has 0 aromatic heterocycles. The molecular formula is C18H20O4. The molecule has 0 unspecified atom stereocenters. The van der Waals surface area contributed by atoms with Crippen LogP contribution in [-0.4, -0.2) is 19.7 Å². The third kappa shape index (κ3) is 4.52. The van der Waals surface area contributed by atoms with E-state index >= 15 is 0 Å². The zero-order chi connectivity index (χ0) is 15.8. The SMILES string of the molecule is CCOc1ccc(OCc2ccccc2)c(CC(=O)OC)c1. The van der Waals surface area contributed by atoms with Gasteiger partial charge >= 0.3 is 5.97 Å². The summed E-state index contributed by atoms with van der Waals surface area (Å²) in [4.78, 5) is 11.6. The Kier molecular flexibility index (Phi) is 5.83. The second kappa shape index (κ2) is 8.08. The molecule has 0 spiro atoms. The number of methoxy groups -OCH3 is 1. The number of hydrogen-bond acceptors (Lipinski definition) is 4. The molecule has 0 saturated carbocycles. The molecular weight excluding hydrogens is 280 g/mol. The van der Waals surface area contributed by atoms with Gasteiger partial charge in [-0.05, 0) is 30.7 Å². The number of carbonyl (C=O) groups excluding carboxylic acids is 1. The molecule has 0 aliphatic rings. The van der Waals surface area contributed by atoms with Gasteiger partial charge in [-0.15, -0.1) is 0 Å². The number of esters is 1. The lowest BCUT2D eigenvalue weighted by Crippen LogP contribution is -2.07. The first-order valence-electron chi connectivity index (χ1n) is 7.22. The van der Waals surface area contributed by atoms with E-state index in [1.807, 2.05) is 55.5 Å². The highest BCUT2D eigenvalue weighted by Gasteiger charge is 2.11. The minimum absolute atomic E-state index is 0.154. The lowest BCUT2D eigenvalue weighted by molar-refractivity contribution is -0.139. The van der Waals surface area contributed by atoms with Gasteiger partial charge in [0.2, 0.25) is 0 Å². The summed E-state index contributed by atoms with van der Waals surface area (Å²) in [5.41, 5.74) is 1.83. The zero-order valence-corrected chi connectivity index (χ0v) is 12.9. The first-order chi connectivity index (χ1) is 10.7. The van der Waals surface area contributed by atoms with Gasteiger partial charge in [-0.25, -0.2) is 0 Å². The molecule has 0 atom stereocenters. The maximum atomic E-state index is 11.6. The van der Waals surface area contributed by atoms with Crippen molar-refractivity contribution in [1.82, 2.24) is 0 Å². The van der Waals surface area contributed by atoms with Gasteiger partial charge in [0.1, 0.15) is 18.1 Å². The van der Waals surface area contributed by atoms with Gasteiger partial charge in [0, 0.05) is 5.56 Å². The third-order valence-corrected chi connectivity index (χ3v) is 3.14. The molecule has 2 rings (SSSR count). The molecule has 0 aliphatic heterocycles. The molecule has 0 saturated heterocycles. The van der Waals surface area contributed by atoms with E-state index in [2.05, 4.69) is 0 Å². The van der Waals surface area contributed by atoms with Crippen LogP contribution in [0.15, 0.2) is 48.5 Å². The van der Waals surface area contributed by atoms with Crippen LogP contribution in [0.4, 0.5) is 0 Å². The number of ether oxygens (including phenoxy) is 3. The Morgan fingerprint density at radius 1 is 1.05 bits per heavy atom. The Morgan fingerprint density at radius 3 is 2.50 bits per heavy atom. The maximum Gasteiger partial charge on any atom is 0.310 e. The van der Waals surface area contributed by atoms with Crippen LogP contribution in [0.3, 0.4) is 0 Å². The fraction of sp³-hybridized carbons (Fsp3) is 0.278. The van der Waals surface area contributed by atoms with Crippen LogP contribution >= 0.6 is 0 Å². The smallest absolute Gasteiger partial charge is 0.310 e. The van der Waals surface area contributed by atoms with Gasteiger partial charge < -0.3 is 14.2 Å². The van der Waals surface area contributed by atoms with Crippen molar-refractivity contribution in [1.29, 1.82) is 0 Å². The normalized spacial score (nSPS) is 10.1. The minimum Gasteiger partial charge on any atom is -0.494 e. The van der Waals surface area contributed by atoms with Crippen LogP contribution in [0.1, 0.15) is 18.1 Å². The predicted molar refractivity (Wildman–Crippen MR) is 84.1 cm³/mol. The van der Waals surface area contributed by atoms with Crippen LogP contribution in [0.2, 0.25) is 0 Å². The Morgan fingerprint density at radius 2 is 1.82 bits per heavy atom. The van der Waals surface area contributed by atoms with Gasteiger partial charge in [0.15, 0.2) is 0 Å². The highest BCUT2D eigenvalue weighted by molar-refractivity contribution is 5.73. The van der Waals surface area contributed by atoms with E-state index in [1.165, 1.54) is 7.11 Å². The van der Waals surface area contributed by atoms with Gasteiger partial charge in [-0.1, -0.05) is 30.3 Å². The van der Waals surface area contributed by atoms with Crippen molar-refractivity contribution in [2.45, 2.75) is 20.0 Å². The molecule has 22 heavy (non-hydrogen) atoms. The van der Waals surface area contributed by atoms with Gasteiger partial charge in [0.05, 0.1) is 20.1 Å². The lowest BCUT2D eigenvalue weighted by atomic mass is 10.1. The van der Waals surface area contributed by atoms with Crippen LogP contribution < -0.4 is 9.47 Å².